The number of methoxy groups -OCH3 is 1. The van der Waals surface area contributed by atoms with Gasteiger partial charge < -0.3 is 30.1 Å². The van der Waals surface area contributed by atoms with Crippen LogP contribution >= 0.6 is 0 Å². The Morgan fingerprint density at radius 2 is 1.61 bits per heavy atom. The van der Waals surface area contributed by atoms with Gasteiger partial charge in [0.2, 0.25) is 9.84 Å². The van der Waals surface area contributed by atoms with Crippen LogP contribution in [0.25, 0.3) is 0 Å². The van der Waals surface area contributed by atoms with E-state index in [2.05, 4.69) is 33.4 Å². The molecule has 0 spiro atoms. The van der Waals surface area contributed by atoms with E-state index in [9.17, 15) is 26.4 Å². The summed E-state index contributed by atoms with van der Waals surface area (Å²) in [5.41, 5.74) is 0.914. The van der Waals surface area contributed by atoms with Gasteiger partial charge in [0, 0.05) is 66.8 Å². The number of alkyl carbamates (subject to hydrolysis) is 1. The molecule has 3 saturated heterocycles. The van der Waals surface area contributed by atoms with Gasteiger partial charge in [-0.15, -0.1) is 0 Å². The van der Waals surface area contributed by atoms with Crippen LogP contribution in [-0.2, 0) is 29.8 Å². The number of rotatable bonds is 15. The molecule has 3 heterocycles. The summed E-state index contributed by atoms with van der Waals surface area (Å²) in [6.07, 6.45) is 7.64. The lowest BCUT2D eigenvalue weighted by molar-refractivity contribution is 0.0159. The van der Waals surface area contributed by atoms with Gasteiger partial charge >= 0.3 is 6.09 Å². The Hall–Kier alpha value is -4.38. The zero-order chi connectivity index (χ0) is 43.6. The Labute approximate surface area is 358 Å². The van der Waals surface area contributed by atoms with Crippen molar-refractivity contribution in [2.45, 2.75) is 66.7 Å². The molecular weight excluding hydrogens is 825 g/mol. The number of hydrogen-bond acceptors (Lipinski definition) is 10. The molecule has 0 bridgehead atoms. The standard InChI is InChI=1S/C45H57F2N5O7S2/c1-44(29-52(30-44)41-16-15-37(27-39(41)47)61(57,58)36-12-4-9-32(25-36)42(53)48-19-7-24-60(3,55)56)28-51-22-17-33(18-23-51)45(31-50-20-8-21-50,34-10-5-11-35(46)26-34)38-13-6-14-40(38)49-43(54)59-2/h4-5,7,9-12,15-16,24-27,33,38,40H,6,8,13-14,17-23,28-31H2,1-3H3,(H,48,53)(H,49,54)/b24-7+/t38-,40-,45-/m0/s1. The molecule has 3 aromatic carbocycles. The fourth-order valence-electron chi connectivity index (χ4n) is 10.4. The number of likely N-dealkylation sites (tertiary alicyclic amines) is 2. The molecule has 0 aromatic heterocycles. The summed E-state index contributed by atoms with van der Waals surface area (Å²) in [5.74, 6) is -1.10. The van der Waals surface area contributed by atoms with Crippen LogP contribution < -0.4 is 15.5 Å². The summed E-state index contributed by atoms with van der Waals surface area (Å²) < 4.78 is 85.6. The van der Waals surface area contributed by atoms with Crippen LogP contribution in [0.4, 0.5) is 19.3 Å². The number of sulfone groups is 2. The lowest BCUT2D eigenvalue weighted by atomic mass is 9.57. The third kappa shape index (κ3) is 9.97. The molecule has 2 N–H and O–H groups in total. The van der Waals surface area contributed by atoms with Crippen molar-refractivity contribution in [1.82, 2.24) is 20.4 Å². The number of amides is 2. The Morgan fingerprint density at radius 3 is 2.26 bits per heavy atom. The Kier molecular flexibility index (Phi) is 13.3. The van der Waals surface area contributed by atoms with E-state index in [4.69, 9.17) is 4.74 Å². The van der Waals surface area contributed by atoms with Gasteiger partial charge in [0.25, 0.3) is 5.91 Å². The Balaban J connectivity index is 1.000. The quantitative estimate of drug-likeness (QED) is 0.193. The van der Waals surface area contributed by atoms with Gasteiger partial charge in [0.1, 0.15) is 11.6 Å². The maximum atomic E-state index is 15.7. The van der Waals surface area contributed by atoms with Gasteiger partial charge in [0.15, 0.2) is 9.84 Å². The Morgan fingerprint density at radius 1 is 0.885 bits per heavy atom. The van der Waals surface area contributed by atoms with Crippen molar-refractivity contribution in [3.8, 4) is 0 Å². The normalized spacial score (nSPS) is 22.3. The topological polar surface area (TPSA) is 145 Å². The minimum absolute atomic E-state index is 0.0583. The highest BCUT2D eigenvalue weighted by atomic mass is 32.2. The molecule has 330 valence electrons. The molecule has 0 radical (unpaired) electrons. The number of carbonyl (C=O) groups is 2. The summed E-state index contributed by atoms with van der Waals surface area (Å²) in [4.78, 5) is 31.7. The van der Waals surface area contributed by atoms with E-state index >= 15 is 8.78 Å². The SMILES string of the molecule is COC(=O)N[C@H]1CCC[C@@H]1[C@](CN1CCC1)(c1cccc(F)c1)C1CCN(CC2(C)CN(c3ccc(S(=O)(=O)c4cccc(C(=O)NC/C=C/S(C)(=O)=O)c4)cc3F)C2)CC1. The lowest BCUT2D eigenvalue weighted by Crippen LogP contribution is -2.62. The second kappa shape index (κ2) is 18.1. The molecule has 3 atom stereocenters. The van der Waals surface area contributed by atoms with E-state index in [0.717, 1.165) is 101 Å². The third-order valence-corrected chi connectivity index (χ3v) is 15.7. The first-order valence-corrected chi connectivity index (χ1v) is 24.5. The van der Waals surface area contributed by atoms with Gasteiger partial charge in [-0.25, -0.2) is 30.4 Å². The van der Waals surface area contributed by atoms with Gasteiger partial charge in [-0.2, -0.15) is 0 Å². The highest BCUT2D eigenvalue weighted by Gasteiger charge is 2.53. The van der Waals surface area contributed by atoms with E-state index in [1.165, 1.54) is 55.7 Å². The molecule has 2 amide bonds. The van der Waals surface area contributed by atoms with Crippen LogP contribution in [0.5, 0.6) is 0 Å². The minimum Gasteiger partial charge on any atom is -0.453 e. The molecule has 3 aromatic rings. The fraction of sp³-hybridized carbons (Fsp3) is 0.511. The summed E-state index contributed by atoms with van der Waals surface area (Å²) in [7, 11) is -6.14. The fourth-order valence-corrected chi connectivity index (χ4v) is 12.1. The monoisotopic (exact) mass is 881 g/mol. The second-order valence-electron chi connectivity index (χ2n) is 17.7. The van der Waals surface area contributed by atoms with Crippen LogP contribution in [0.3, 0.4) is 0 Å². The maximum Gasteiger partial charge on any atom is 0.407 e. The Bertz CT molecular complexity index is 2350. The van der Waals surface area contributed by atoms with Crippen molar-refractivity contribution < 1.29 is 39.9 Å². The molecule has 12 nitrogen and oxygen atoms in total. The number of benzene rings is 3. The summed E-state index contributed by atoms with van der Waals surface area (Å²) in [5, 5.41) is 6.65. The smallest absolute Gasteiger partial charge is 0.407 e. The molecule has 4 fully saturated rings. The molecular formula is C45H57F2N5O7S2. The highest BCUT2D eigenvalue weighted by molar-refractivity contribution is 7.93. The zero-order valence-corrected chi connectivity index (χ0v) is 36.7. The summed E-state index contributed by atoms with van der Waals surface area (Å²) in [6.45, 7) is 8.70. The summed E-state index contributed by atoms with van der Waals surface area (Å²) >= 11 is 0. The number of ether oxygens (including phenoxy) is 1. The number of anilines is 1. The number of hydrogen-bond donors (Lipinski definition) is 2. The lowest BCUT2D eigenvalue weighted by Gasteiger charge is -2.55. The summed E-state index contributed by atoms with van der Waals surface area (Å²) in [6, 6.07) is 16.4. The second-order valence-corrected chi connectivity index (χ2v) is 21.6. The van der Waals surface area contributed by atoms with E-state index in [-0.39, 0.29) is 56.4 Å². The molecule has 7 rings (SSSR count). The van der Waals surface area contributed by atoms with Crippen molar-refractivity contribution in [3.05, 3.63) is 101 Å². The average molecular weight is 882 g/mol. The first-order chi connectivity index (χ1) is 29.0. The third-order valence-electron chi connectivity index (χ3n) is 13.2. The van der Waals surface area contributed by atoms with Crippen molar-refractivity contribution in [1.29, 1.82) is 0 Å². The van der Waals surface area contributed by atoms with Gasteiger partial charge in [-0.1, -0.05) is 37.6 Å². The van der Waals surface area contributed by atoms with Crippen LogP contribution in [0, 0.1) is 28.9 Å². The molecule has 61 heavy (non-hydrogen) atoms. The number of halogens is 2. The first kappa shape index (κ1) is 44.7. The van der Waals surface area contributed by atoms with Crippen LogP contribution in [0.2, 0.25) is 0 Å². The number of nitrogens with one attached hydrogen (secondary N) is 2. The first-order valence-electron chi connectivity index (χ1n) is 21.1. The average Bonchev–Trinajstić information content (AvgIpc) is 3.66. The van der Waals surface area contributed by atoms with E-state index in [1.54, 1.807) is 6.07 Å². The molecule has 4 aliphatic rings. The predicted octanol–water partition coefficient (Wildman–Crippen LogP) is 5.79. The van der Waals surface area contributed by atoms with Crippen molar-refractivity contribution in [2.75, 3.05) is 77.2 Å². The highest BCUT2D eigenvalue weighted by Crippen LogP contribution is 2.52. The zero-order valence-electron chi connectivity index (χ0n) is 35.1. The van der Waals surface area contributed by atoms with Gasteiger partial charge in [0.05, 0.1) is 22.6 Å². The molecule has 1 saturated carbocycles. The minimum atomic E-state index is -4.17. The predicted molar refractivity (Wildman–Crippen MR) is 230 cm³/mol. The number of piperidine rings is 1. The van der Waals surface area contributed by atoms with Crippen LogP contribution in [0.1, 0.15) is 61.4 Å². The van der Waals surface area contributed by atoms with Crippen molar-refractivity contribution in [2.24, 2.45) is 17.3 Å². The van der Waals surface area contributed by atoms with E-state index in [1.807, 2.05) is 11.0 Å². The van der Waals surface area contributed by atoms with Crippen LogP contribution in [0.15, 0.2) is 88.0 Å². The number of nitrogens with zero attached hydrogens (tertiary/aromatic N) is 3. The van der Waals surface area contributed by atoms with Gasteiger partial charge in [-0.3, -0.25) is 4.79 Å². The van der Waals surface area contributed by atoms with Crippen molar-refractivity contribution in [3.63, 3.8) is 0 Å². The van der Waals surface area contributed by atoms with E-state index < -0.39 is 37.5 Å². The maximum absolute atomic E-state index is 15.7. The van der Waals surface area contributed by atoms with E-state index in [0.29, 0.717) is 18.8 Å². The van der Waals surface area contributed by atoms with Gasteiger partial charge in [-0.05, 0) is 124 Å². The largest absolute Gasteiger partial charge is 0.453 e. The molecule has 0 unspecified atom stereocenters. The molecule has 16 heteroatoms. The molecule has 3 aliphatic heterocycles. The molecule has 1 aliphatic carbocycles. The van der Waals surface area contributed by atoms with Crippen molar-refractivity contribution >= 4 is 37.4 Å². The van der Waals surface area contributed by atoms with Crippen LogP contribution in [-0.4, -0.2) is 117 Å². The number of carbonyl (C=O) groups excluding carboxylic acids is 2.